The van der Waals surface area contributed by atoms with Gasteiger partial charge in [-0.2, -0.15) is 4.99 Å². The number of rotatable bonds is 8. The van der Waals surface area contributed by atoms with E-state index < -0.39 is 39.2 Å². The van der Waals surface area contributed by atoms with Crippen LogP contribution in [0.4, 0.5) is 10.5 Å². The Bertz CT molecular complexity index is 1680. The van der Waals surface area contributed by atoms with Crippen LogP contribution >= 0.6 is 0 Å². The number of nitrogens with one attached hydrogen (secondary N) is 2. The van der Waals surface area contributed by atoms with Gasteiger partial charge in [-0.05, 0) is 57.0 Å². The quantitative estimate of drug-likeness (QED) is 0.260. The Hall–Kier alpha value is -4.72. The number of sulfonamides is 1. The number of methoxy groups -OCH3 is 1. The Morgan fingerprint density at radius 2 is 1.79 bits per heavy atom. The van der Waals surface area contributed by atoms with E-state index in [0.29, 0.717) is 30.0 Å². The minimum absolute atomic E-state index is 0.00677. The number of anilines is 1. The number of aliphatic imine (C=N–C) groups is 1. The van der Waals surface area contributed by atoms with Gasteiger partial charge in [0, 0.05) is 18.5 Å². The summed E-state index contributed by atoms with van der Waals surface area (Å²) in [6, 6.07) is 11.6. The van der Waals surface area contributed by atoms with E-state index in [-0.39, 0.29) is 23.0 Å². The van der Waals surface area contributed by atoms with E-state index >= 15 is 0 Å². The first kappa shape index (κ1) is 30.2. The Morgan fingerprint density at radius 1 is 1.12 bits per heavy atom. The molecule has 0 saturated carbocycles. The van der Waals surface area contributed by atoms with E-state index in [1.807, 2.05) is 0 Å². The monoisotopic (exact) mass is 596 g/mol. The number of hydrogen-bond donors (Lipinski definition) is 3. The number of hydrogen-bond acceptors (Lipinski definition) is 8. The fraction of sp³-hybridized carbons (Fsp3) is 0.321. The van der Waals surface area contributed by atoms with Gasteiger partial charge in [-0.15, -0.1) is 0 Å². The molecule has 0 radical (unpaired) electrons. The topological polar surface area (TPSA) is 184 Å². The molecule has 4 N–H and O–H groups in total. The van der Waals surface area contributed by atoms with Crippen molar-refractivity contribution < 1.29 is 27.5 Å². The zero-order valence-electron chi connectivity index (χ0n) is 23.6. The molecule has 1 aliphatic rings. The highest BCUT2D eigenvalue weighted by atomic mass is 32.2. The molecule has 14 heteroatoms. The van der Waals surface area contributed by atoms with Crippen molar-refractivity contribution in [2.45, 2.75) is 56.7 Å². The molecular formula is C28H32N6O7S. The van der Waals surface area contributed by atoms with Crippen LogP contribution in [0.15, 0.2) is 69.4 Å². The molecule has 13 nitrogen and oxygen atoms in total. The maximum Gasteiger partial charge on any atom is 0.436 e. The van der Waals surface area contributed by atoms with Crippen molar-refractivity contribution in [1.29, 1.82) is 0 Å². The number of carbonyl (C=O) groups excluding carboxylic acids is 2. The lowest BCUT2D eigenvalue weighted by atomic mass is 10.1. The first-order valence-electron chi connectivity index (χ1n) is 13.0. The molecule has 0 bridgehead atoms. The van der Waals surface area contributed by atoms with E-state index in [9.17, 15) is 22.8 Å². The lowest BCUT2D eigenvalue weighted by Gasteiger charge is -2.17. The molecule has 222 valence electrons. The fourth-order valence-corrected chi connectivity index (χ4v) is 5.27. The number of fused-ring (bicyclic) bond motifs is 1. The number of aromatic nitrogens is 2. The van der Waals surface area contributed by atoms with Gasteiger partial charge in [-0.1, -0.05) is 24.3 Å². The molecule has 0 unspecified atom stereocenters. The van der Waals surface area contributed by atoms with E-state index in [1.54, 1.807) is 45.0 Å². The van der Waals surface area contributed by atoms with Crippen molar-refractivity contribution in [3.8, 4) is 5.75 Å². The smallest absolute Gasteiger partial charge is 0.436 e. The van der Waals surface area contributed by atoms with Crippen LogP contribution < -0.4 is 26.1 Å². The number of carbonyl (C=O) groups is 2. The molecule has 0 saturated heterocycles. The molecule has 2 heterocycles. The average Bonchev–Trinajstić information content (AvgIpc) is 3.37. The maximum atomic E-state index is 13.3. The van der Waals surface area contributed by atoms with Gasteiger partial charge in [-0.3, -0.25) is 18.9 Å². The first-order chi connectivity index (χ1) is 19.8. The van der Waals surface area contributed by atoms with Crippen LogP contribution in [0.2, 0.25) is 0 Å². The number of amidine groups is 1. The van der Waals surface area contributed by atoms with Crippen LogP contribution in [-0.4, -0.2) is 48.5 Å². The van der Waals surface area contributed by atoms with Crippen LogP contribution in [0.3, 0.4) is 0 Å². The summed E-state index contributed by atoms with van der Waals surface area (Å²) in [5.41, 5.74) is 5.53. The van der Waals surface area contributed by atoms with Crippen LogP contribution in [0.5, 0.6) is 5.75 Å². The molecule has 42 heavy (non-hydrogen) atoms. The number of ether oxygens (including phenoxy) is 2. The van der Waals surface area contributed by atoms with Gasteiger partial charge in [0.2, 0.25) is 5.91 Å². The Labute approximate surface area is 242 Å². The Morgan fingerprint density at radius 3 is 2.40 bits per heavy atom. The number of amides is 2. The number of aryl methyl sites for hydroxylation is 1. The highest BCUT2D eigenvalue weighted by Gasteiger charge is 2.31. The average molecular weight is 597 g/mol. The molecule has 0 fully saturated rings. The molecule has 4 rings (SSSR count). The summed E-state index contributed by atoms with van der Waals surface area (Å²) >= 11 is 0. The van der Waals surface area contributed by atoms with Crippen LogP contribution in [0, 0.1) is 0 Å². The summed E-state index contributed by atoms with van der Waals surface area (Å²) < 4.78 is 39.4. The van der Waals surface area contributed by atoms with Crippen molar-refractivity contribution in [3.05, 3.63) is 82.0 Å². The van der Waals surface area contributed by atoms with Crippen molar-refractivity contribution >= 4 is 33.5 Å². The summed E-state index contributed by atoms with van der Waals surface area (Å²) in [6.45, 7) is 5.32. The third-order valence-electron chi connectivity index (χ3n) is 6.26. The molecule has 1 atom stereocenters. The lowest BCUT2D eigenvalue weighted by molar-refractivity contribution is -0.124. The largest absolute Gasteiger partial charge is 0.497 e. The minimum atomic E-state index is -4.09. The zero-order valence-corrected chi connectivity index (χ0v) is 24.4. The van der Waals surface area contributed by atoms with Gasteiger partial charge >= 0.3 is 6.09 Å². The van der Waals surface area contributed by atoms with Crippen molar-refractivity contribution in [1.82, 2.24) is 14.9 Å². The zero-order chi connectivity index (χ0) is 30.7. The summed E-state index contributed by atoms with van der Waals surface area (Å²) in [4.78, 5) is 46.1. The minimum Gasteiger partial charge on any atom is -0.497 e. The SMILES string of the molecule is COc1ccc(S(=O)(=O)Nc2cnc3n(c2=O)[C@H](C(=O)NCc2ccc(/C(N)=N\C(=O)OC(C)(C)C)cc2)CC3)cc1. The summed E-state index contributed by atoms with van der Waals surface area (Å²) in [6.07, 6.45) is 1.08. The highest BCUT2D eigenvalue weighted by Crippen LogP contribution is 2.24. The van der Waals surface area contributed by atoms with Gasteiger partial charge in [-0.25, -0.2) is 18.2 Å². The maximum absolute atomic E-state index is 13.3. The molecule has 2 aromatic carbocycles. The summed E-state index contributed by atoms with van der Waals surface area (Å²) in [7, 11) is -2.63. The second-order valence-corrected chi connectivity index (χ2v) is 12.2. The van der Waals surface area contributed by atoms with Crippen LogP contribution in [0.25, 0.3) is 0 Å². The number of benzene rings is 2. The lowest BCUT2D eigenvalue weighted by Crippen LogP contribution is -2.36. The van der Waals surface area contributed by atoms with Crippen molar-refractivity contribution in [2.75, 3.05) is 11.8 Å². The standard InChI is InChI=1S/C28H32N6O7S/c1-28(2,3)41-27(37)32-24(29)18-7-5-17(6-8-18)15-31-25(35)22-13-14-23-30-16-21(26(36)34(22)23)33-42(38,39)20-11-9-19(40-4)10-12-20/h5-12,16,22,33H,13-15H2,1-4H3,(H,31,35)(H2,29,32,37)/t22-/m0/s1. The third kappa shape index (κ3) is 7.13. The summed E-state index contributed by atoms with van der Waals surface area (Å²) in [5, 5.41) is 2.81. The van der Waals surface area contributed by atoms with Crippen molar-refractivity contribution in [2.24, 2.45) is 10.7 Å². The second-order valence-electron chi connectivity index (χ2n) is 10.5. The van der Waals surface area contributed by atoms with Crippen LogP contribution in [0.1, 0.15) is 50.2 Å². The van der Waals surface area contributed by atoms with Gasteiger partial charge in [0.25, 0.3) is 15.6 Å². The Balaban J connectivity index is 1.43. The molecular weight excluding hydrogens is 564 g/mol. The number of nitrogens with zero attached hydrogens (tertiary/aromatic N) is 3. The molecule has 1 aliphatic heterocycles. The van der Waals surface area contributed by atoms with Crippen LogP contribution in [-0.2, 0) is 32.5 Å². The van der Waals surface area contributed by atoms with Gasteiger partial charge in [0.1, 0.15) is 34.7 Å². The highest BCUT2D eigenvalue weighted by molar-refractivity contribution is 7.92. The van der Waals surface area contributed by atoms with Gasteiger partial charge < -0.3 is 20.5 Å². The third-order valence-corrected chi connectivity index (χ3v) is 7.64. The molecule has 2 amide bonds. The normalized spacial score (nSPS) is 15.0. The molecule has 1 aromatic heterocycles. The van der Waals surface area contributed by atoms with E-state index in [1.165, 1.54) is 35.9 Å². The second kappa shape index (κ2) is 12.0. The van der Waals surface area contributed by atoms with Gasteiger partial charge in [0.15, 0.2) is 0 Å². The predicted octanol–water partition coefficient (Wildman–Crippen LogP) is 2.50. The van der Waals surface area contributed by atoms with E-state index in [0.717, 1.165) is 11.8 Å². The van der Waals surface area contributed by atoms with Gasteiger partial charge in [0.05, 0.1) is 18.2 Å². The molecule has 0 aliphatic carbocycles. The number of nitrogens with two attached hydrogens (primary N) is 1. The van der Waals surface area contributed by atoms with E-state index in [2.05, 4.69) is 20.0 Å². The van der Waals surface area contributed by atoms with E-state index in [4.69, 9.17) is 15.2 Å². The Kier molecular flexibility index (Phi) is 8.66. The van der Waals surface area contributed by atoms with Crippen molar-refractivity contribution in [3.63, 3.8) is 0 Å². The first-order valence-corrected chi connectivity index (χ1v) is 14.5. The molecule has 0 spiro atoms. The molecule has 3 aromatic rings. The predicted molar refractivity (Wildman–Crippen MR) is 155 cm³/mol. The summed E-state index contributed by atoms with van der Waals surface area (Å²) in [5.74, 6) is 0.446. The fourth-order valence-electron chi connectivity index (χ4n) is 4.23.